The lowest BCUT2D eigenvalue weighted by Gasteiger charge is -2.10. The van der Waals surface area contributed by atoms with Crippen molar-refractivity contribution >= 4 is 23.6 Å². The van der Waals surface area contributed by atoms with Gasteiger partial charge in [0.05, 0.1) is 11.4 Å². The molecule has 0 radical (unpaired) electrons. The zero-order chi connectivity index (χ0) is 20.2. The van der Waals surface area contributed by atoms with Gasteiger partial charge >= 0.3 is 0 Å². The molecule has 1 amide bonds. The summed E-state index contributed by atoms with van der Waals surface area (Å²) in [5, 5.41) is 15.8. The molecule has 0 unspecified atom stereocenters. The summed E-state index contributed by atoms with van der Waals surface area (Å²) in [4.78, 5) is 12.3. The van der Waals surface area contributed by atoms with Crippen molar-refractivity contribution in [3.8, 4) is 17.1 Å². The Hall–Kier alpha value is -3.39. The van der Waals surface area contributed by atoms with E-state index in [0.717, 1.165) is 22.6 Å². The SMILES string of the molecule is Cc1cccc(-c2nnc(SCC(=O)Nc3cc(C)no3)n2-c2ccccc2)c1. The summed E-state index contributed by atoms with van der Waals surface area (Å²) in [5.74, 6) is 1.02. The summed E-state index contributed by atoms with van der Waals surface area (Å²) in [6.45, 7) is 3.83. The lowest BCUT2D eigenvalue weighted by molar-refractivity contribution is -0.113. The molecular formula is C21H19N5O2S. The molecule has 0 saturated carbocycles. The lowest BCUT2D eigenvalue weighted by Crippen LogP contribution is -2.14. The summed E-state index contributed by atoms with van der Waals surface area (Å²) in [7, 11) is 0. The zero-order valence-corrected chi connectivity index (χ0v) is 16.8. The quantitative estimate of drug-likeness (QED) is 0.482. The van der Waals surface area contributed by atoms with Crippen molar-refractivity contribution in [3.05, 3.63) is 71.9 Å². The molecule has 0 aliphatic carbocycles. The highest BCUT2D eigenvalue weighted by molar-refractivity contribution is 7.99. The average molecular weight is 405 g/mol. The molecule has 0 atom stereocenters. The molecule has 146 valence electrons. The fourth-order valence-electron chi connectivity index (χ4n) is 2.87. The predicted molar refractivity (Wildman–Crippen MR) is 112 cm³/mol. The van der Waals surface area contributed by atoms with Crippen LogP contribution in [0.1, 0.15) is 11.3 Å². The van der Waals surface area contributed by atoms with Gasteiger partial charge in [0, 0.05) is 17.3 Å². The molecule has 0 bridgehead atoms. The zero-order valence-electron chi connectivity index (χ0n) is 16.0. The summed E-state index contributed by atoms with van der Waals surface area (Å²) in [6.07, 6.45) is 0. The lowest BCUT2D eigenvalue weighted by atomic mass is 10.1. The molecule has 0 spiro atoms. The first kappa shape index (κ1) is 18.9. The maximum absolute atomic E-state index is 12.3. The molecule has 0 aliphatic heterocycles. The Morgan fingerprint density at radius 2 is 1.90 bits per heavy atom. The second-order valence-corrected chi connectivity index (χ2v) is 7.46. The topological polar surface area (TPSA) is 85.8 Å². The predicted octanol–water partition coefficient (Wildman–Crippen LogP) is 4.27. The number of aryl methyl sites for hydroxylation is 2. The highest BCUT2D eigenvalue weighted by atomic mass is 32.2. The summed E-state index contributed by atoms with van der Waals surface area (Å²) in [5.41, 5.74) is 3.75. The summed E-state index contributed by atoms with van der Waals surface area (Å²) in [6, 6.07) is 19.6. The van der Waals surface area contributed by atoms with Crippen molar-refractivity contribution in [2.75, 3.05) is 11.1 Å². The van der Waals surface area contributed by atoms with Crippen molar-refractivity contribution in [1.29, 1.82) is 0 Å². The molecule has 0 saturated heterocycles. The van der Waals surface area contributed by atoms with Crippen molar-refractivity contribution in [2.24, 2.45) is 0 Å². The van der Waals surface area contributed by atoms with Gasteiger partial charge in [0.15, 0.2) is 11.0 Å². The van der Waals surface area contributed by atoms with Gasteiger partial charge in [-0.3, -0.25) is 14.7 Å². The van der Waals surface area contributed by atoms with Crippen molar-refractivity contribution in [1.82, 2.24) is 19.9 Å². The fourth-order valence-corrected chi connectivity index (χ4v) is 3.62. The van der Waals surface area contributed by atoms with Gasteiger partial charge in [-0.2, -0.15) is 0 Å². The van der Waals surface area contributed by atoms with Crippen LogP contribution in [0, 0.1) is 13.8 Å². The summed E-state index contributed by atoms with van der Waals surface area (Å²) < 4.78 is 6.99. The van der Waals surface area contributed by atoms with Crippen LogP contribution in [-0.4, -0.2) is 31.6 Å². The number of amides is 1. The number of nitrogens with zero attached hydrogens (tertiary/aromatic N) is 4. The van der Waals surface area contributed by atoms with E-state index < -0.39 is 0 Å². The first-order chi connectivity index (χ1) is 14.1. The van der Waals surface area contributed by atoms with Crippen LogP contribution in [0.2, 0.25) is 0 Å². The number of nitrogens with one attached hydrogen (secondary N) is 1. The summed E-state index contributed by atoms with van der Waals surface area (Å²) >= 11 is 1.31. The van der Waals surface area contributed by atoms with E-state index in [1.807, 2.05) is 60.0 Å². The molecule has 0 aliphatic rings. The van der Waals surface area contributed by atoms with Crippen LogP contribution in [0.3, 0.4) is 0 Å². The van der Waals surface area contributed by atoms with Gasteiger partial charge in [-0.15, -0.1) is 10.2 Å². The molecular weight excluding hydrogens is 386 g/mol. The Morgan fingerprint density at radius 1 is 1.07 bits per heavy atom. The third-order valence-corrected chi connectivity index (χ3v) is 5.08. The number of aromatic nitrogens is 4. The van der Waals surface area contributed by atoms with Gasteiger partial charge in [0.25, 0.3) is 0 Å². The van der Waals surface area contributed by atoms with E-state index >= 15 is 0 Å². The fraction of sp³-hybridized carbons (Fsp3) is 0.143. The molecule has 4 aromatic rings. The van der Waals surface area contributed by atoms with E-state index in [4.69, 9.17) is 4.52 Å². The normalized spacial score (nSPS) is 10.8. The number of rotatable bonds is 6. The number of carbonyl (C=O) groups is 1. The molecule has 0 fully saturated rings. The number of hydrogen-bond acceptors (Lipinski definition) is 6. The maximum atomic E-state index is 12.3. The molecule has 1 N–H and O–H groups in total. The number of hydrogen-bond donors (Lipinski definition) is 1. The Morgan fingerprint density at radius 3 is 2.62 bits per heavy atom. The second-order valence-electron chi connectivity index (χ2n) is 6.52. The first-order valence-corrected chi connectivity index (χ1v) is 10.0. The van der Waals surface area contributed by atoms with Crippen molar-refractivity contribution < 1.29 is 9.32 Å². The minimum Gasteiger partial charge on any atom is -0.338 e. The van der Waals surface area contributed by atoms with Gasteiger partial charge < -0.3 is 4.52 Å². The molecule has 2 aromatic carbocycles. The van der Waals surface area contributed by atoms with E-state index in [9.17, 15) is 4.79 Å². The molecule has 2 heterocycles. The third-order valence-electron chi connectivity index (χ3n) is 4.15. The van der Waals surface area contributed by atoms with Crippen LogP contribution in [0.4, 0.5) is 5.88 Å². The van der Waals surface area contributed by atoms with Crippen LogP contribution < -0.4 is 5.32 Å². The molecule has 29 heavy (non-hydrogen) atoms. The average Bonchev–Trinajstić information content (AvgIpc) is 3.33. The Bertz CT molecular complexity index is 1140. The van der Waals surface area contributed by atoms with E-state index in [1.54, 1.807) is 13.0 Å². The van der Waals surface area contributed by atoms with E-state index in [2.05, 4.69) is 26.7 Å². The standard InChI is InChI=1S/C21H19N5O2S/c1-14-7-6-8-16(11-14)20-23-24-21(26(20)17-9-4-3-5-10-17)29-13-18(27)22-19-12-15(2)25-28-19/h3-12H,13H2,1-2H3,(H,22,27). The largest absolute Gasteiger partial charge is 0.338 e. The van der Waals surface area contributed by atoms with Gasteiger partial charge in [0.2, 0.25) is 11.8 Å². The van der Waals surface area contributed by atoms with Crippen LogP contribution in [0.25, 0.3) is 17.1 Å². The van der Waals surface area contributed by atoms with Crippen molar-refractivity contribution in [3.63, 3.8) is 0 Å². The minimum absolute atomic E-state index is 0.165. The highest BCUT2D eigenvalue weighted by Gasteiger charge is 2.17. The first-order valence-electron chi connectivity index (χ1n) is 9.04. The van der Waals surface area contributed by atoms with Gasteiger partial charge in [-0.25, -0.2) is 0 Å². The Balaban J connectivity index is 1.60. The van der Waals surface area contributed by atoms with Gasteiger partial charge in [-0.1, -0.05) is 58.9 Å². The van der Waals surface area contributed by atoms with Gasteiger partial charge in [0.1, 0.15) is 0 Å². The van der Waals surface area contributed by atoms with E-state index in [-0.39, 0.29) is 11.7 Å². The highest BCUT2D eigenvalue weighted by Crippen LogP contribution is 2.28. The third kappa shape index (κ3) is 4.38. The number of carbonyl (C=O) groups excluding carboxylic acids is 1. The monoisotopic (exact) mass is 405 g/mol. The smallest absolute Gasteiger partial charge is 0.237 e. The van der Waals surface area contributed by atoms with Gasteiger partial charge in [-0.05, 0) is 32.0 Å². The number of thioether (sulfide) groups is 1. The number of anilines is 1. The Kier molecular flexibility index (Phi) is 5.44. The maximum Gasteiger partial charge on any atom is 0.237 e. The van der Waals surface area contributed by atoms with Crippen LogP contribution in [0.5, 0.6) is 0 Å². The molecule has 2 aromatic heterocycles. The van der Waals surface area contributed by atoms with Crippen molar-refractivity contribution in [2.45, 2.75) is 19.0 Å². The second kappa shape index (κ2) is 8.32. The minimum atomic E-state index is -0.203. The van der Waals surface area contributed by atoms with E-state index in [1.165, 1.54) is 11.8 Å². The van der Waals surface area contributed by atoms with Crippen LogP contribution in [-0.2, 0) is 4.79 Å². The molecule has 8 heteroatoms. The molecule has 7 nitrogen and oxygen atoms in total. The molecule has 4 rings (SSSR count). The van der Waals surface area contributed by atoms with Crippen LogP contribution >= 0.6 is 11.8 Å². The Labute approximate surface area is 172 Å². The van der Waals surface area contributed by atoms with E-state index in [0.29, 0.717) is 16.7 Å². The number of benzene rings is 2. The van der Waals surface area contributed by atoms with Crippen LogP contribution in [0.15, 0.2) is 70.3 Å². The number of para-hydroxylation sites is 1.